The maximum Gasteiger partial charge on any atom is 0.0955 e. The summed E-state index contributed by atoms with van der Waals surface area (Å²) in [5, 5.41) is 4.54. The number of hydrogen-bond acceptors (Lipinski definition) is 1. The second kappa shape index (κ2) is 3.54. The number of aromatic nitrogens is 2. The second-order valence-corrected chi connectivity index (χ2v) is 4.05. The monoisotopic (exact) mass is 200 g/mol. The van der Waals surface area contributed by atoms with Gasteiger partial charge in [-0.15, -0.1) is 0 Å². The Bertz CT molecular complexity index is 495. The summed E-state index contributed by atoms with van der Waals surface area (Å²) < 4.78 is 1.94. The molecule has 2 rings (SSSR count). The van der Waals surface area contributed by atoms with E-state index < -0.39 is 0 Å². The van der Waals surface area contributed by atoms with Crippen molar-refractivity contribution in [3.63, 3.8) is 0 Å². The Balaban J connectivity index is 2.59. The average molecular weight is 200 g/mol. The first-order valence-corrected chi connectivity index (χ1v) is 5.17. The van der Waals surface area contributed by atoms with Crippen molar-refractivity contribution < 1.29 is 0 Å². The molecule has 0 aliphatic heterocycles. The van der Waals surface area contributed by atoms with E-state index in [0.717, 1.165) is 5.69 Å². The lowest BCUT2D eigenvalue weighted by Crippen LogP contribution is -1.92. The molecular weight excluding hydrogens is 184 g/mol. The molecule has 0 spiro atoms. The number of rotatable bonds is 1. The minimum atomic E-state index is 1.10. The van der Waals surface area contributed by atoms with Crippen LogP contribution in [-0.2, 0) is 7.05 Å². The molecule has 15 heavy (non-hydrogen) atoms. The highest BCUT2D eigenvalue weighted by Crippen LogP contribution is 2.24. The number of benzene rings is 1. The van der Waals surface area contributed by atoms with Crippen LogP contribution in [0.4, 0.5) is 0 Å². The third-order valence-corrected chi connectivity index (χ3v) is 2.92. The summed E-state index contributed by atoms with van der Waals surface area (Å²) in [5.41, 5.74) is 6.07. The van der Waals surface area contributed by atoms with Crippen molar-refractivity contribution in [2.45, 2.75) is 20.8 Å². The van der Waals surface area contributed by atoms with Crippen LogP contribution in [0.25, 0.3) is 11.3 Å². The SMILES string of the molecule is Cc1cccc(-c2nn(C)c(C)c2C)c1. The molecule has 0 aliphatic carbocycles. The molecule has 0 saturated heterocycles. The highest BCUT2D eigenvalue weighted by molar-refractivity contribution is 5.64. The van der Waals surface area contributed by atoms with Crippen LogP contribution in [-0.4, -0.2) is 9.78 Å². The molecule has 0 atom stereocenters. The number of nitrogens with zero attached hydrogens (tertiary/aromatic N) is 2. The topological polar surface area (TPSA) is 17.8 Å². The molecule has 0 amide bonds. The first kappa shape index (κ1) is 9.97. The summed E-state index contributed by atoms with van der Waals surface area (Å²) >= 11 is 0. The fourth-order valence-electron chi connectivity index (χ4n) is 1.78. The van der Waals surface area contributed by atoms with Crippen molar-refractivity contribution in [1.82, 2.24) is 9.78 Å². The Hall–Kier alpha value is -1.57. The molecule has 0 N–H and O–H groups in total. The molecule has 1 aromatic heterocycles. The highest BCUT2D eigenvalue weighted by Gasteiger charge is 2.10. The fourth-order valence-corrected chi connectivity index (χ4v) is 1.78. The van der Waals surface area contributed by atoms with Gasteiger partial charge in [0.2, 0.25) is 0 Å². The van der Waals surface area contributed by atoms with Crippen molar-refractivity contribution in [3.8, 4) is 11.3 Å². The zero-order chi connectivity index (χ0) is 11.0. The second-order valence-electron chi connectivity index (χ2n) is 4.05. The molecule has 2 nitrogen and oxygen atoms in total. The predicted molar refractivity (Wildman–Crippen MR) is 62.9 cm³/mol. The van der Waals surface area contributed by atoms with Gasteiger partial charge in [0, 0.05) is 18.3 Å². The molecule has 2 heteroatoms. The lowest BCUT2D eigenvalue weighted by atomic mass is 10.1. The Morgan fingerprint density at radius 3 is 2.40 bits per heavy atom. The summed E-state index contributed by atoms with van der Waals surface area (Å²) in [5.74, 6) is 0. The minimum absolute atomic E-state index is 1.10. The van der Waals surface area contributed by atoms with Crippen molar-refractivity contribution in [2.24, 2.45) is 7.05 Å². The molecule has 0 fully saturated rings. The summed E-state index contributed by atoms with van der Waals surface area (Å²) in [6.45, 7) is 6.33. The van der Waals surface area contributed by atoms with Crippen molar-refractivity contribution in [2.75, 3.05) is 0 Å². The van der Waals surface area contributed by atoms with E-state index in [2.05, 4.69) is 50.1 Å². The Morgan fingerprint density at radius 2 is 1.87 bits per heavy atom. The van der Waals surface area contributed by atoms with Crippen molar-refractivity contribution >= 4 is 0 Å². The molecule has 0 radical (unpaired) electrons. The van der Waals surface area contributed by atoms with E-state index in [1.54, 1.807) is 0 Å². The smallest absolute Gasteiger partial charge is 0.0955 e. The van der Waals surface area contributed by atoms with Crippen LogP contribution < -0.4 is 0 Å². The molecule has 1 heterocycles. The standard InChI is InChI=1S/C13H16N2/c1-9-6-5-7-12(8-9)13-10(2)11(3)15(4)14-13/h5-8H,1-4H3. The average Bonchev–Trinajstić information content (AvgIpc) is 2.46. The van der Waals surface area contributed by atoms with Gasteiger partial charge >= 0.3 is 0 Å². The minimum Gasteiger partial charge on any atom is -0.272 e. The van der Waals surface area contributed by atoms with E-state index in [1.165, 1.54) is 22.4 Å². The van der Waals surface area contributed by atoms with Gasteiger partial charge in [-0.1, -0.05) is 23.8 Å². The van der Waals surface area contributed by atoms with Gasteiger partial charge in [0.1, 0.15) is 0 Å². The summed E-state index contributed by atoms with van der Waals surface area (Å²) in [4.78, 5) is 0. The van der Waals surface area contributed by atoms with E-state index >= 15 is 0 Å². The summed E-state index contributed by atoms with van der Waals surface area (Å²) in [6.07, 6.45) is 0. The Morgan fingerprint density at radius 1 is 1.13 bits per heavy atom. The lowest BCUT2D eigenvalue weighted by Gasteiger charge is -1.99. The van der Waals surface area contributed by atoms with Gasteiger partial charge in [-0.3, -0.25) is 4.68 Å². The number of aryl methyl sites for hydroxylation is 2. The van der Waals surface area contributed by atoms with Gasteiger partial charge in [-0.2, -0.15) is 5.10 Å². The van der Waals surface area contributed by atoms with E-state index in [1.807, 2.05) is 11.7 Å². The van der Waals surface area contributed by atoms with Gasteiger partial charge in [-0.25, -0.2) is 0 Å². The van der Waals surface area contributed by atoms with Crippen LogP contribution >= 0.6 is 0 Å². The Labute approximate surface area is 90.6 Å². The van der Waals surface area contributed by atoms with Crippen LogP contribution in [0.1, 0.15) is 16.8 Å². The van der Waals surface area contributed by atoms with E-state index in [9.17, 15) is 0 Å². The molecule has 0 unspecified atom stereocenters. The molecule has 0 aliphatic rings. The van der Waals surface area contributed by atoms with Gasteiger partial charge < -0.3 is 0 Å². The third kappa shape index (κ3) is 1.67. The first-order valence-electron chi connectivity index (χ1n) is 5.17. The van der Waals surface area contributed by atoms with Gasteiger partial charge in [0.25, 0.3) is 0 Å². The fraction of sp³-hybridized carbons (Fsp3) is 0.308. The lowest BCUT2D eigenvalue weighted by molar-refractivity contribution is 0.741. The summed E-state index contributed by atoms with van der Waals surface area (Å²) in [7, 11) is 1.99. The van der Waals surface area contributed by atoms with Crippen LogP contribution in [0.5, 0.6) is 0 Å². The van der Waals surface area contributed by atoms with Gasteiger partial charge in [0.05, 0.1) is 5.69 Å². The van der Waals surface area contributed by atoms with Crippen LogP contribution in [0.2, 0.25) is 0 Å². The first-order chi connectivity index (χ1) is 7.09. The van der Waals surface area contributed by atoms with Crippen molar-refractivity contribution in [1.29, 1.82) is 0 Å². The van der Waals surface area contributed by atoms with E-state index in [0.29, 0.717) is 0 Å². The molecule has 0 bridgehead atoms. The summed E-state index contributed by atoms with van der Waals surface area (Å²) in [6, 6.07) is 8.47. The zero-order valence-corrected chi connectivity index (χ0v) is 9.70. The van der Waals surface area contributed by atoms with Gasteiger partial charge in [-0.05, 0) is 32.4 Å². The normalized spacial score (nSPS) is 10.7. The van der Waals surface area contributed by atoms with Crippen LogP contribution in [0.15, 0.2) is 24.3 Å². The maximum absolute atomic E-state index is 4.54. The molecule has 0 saturated carbocycles. The largest absolute Gasteiger partial charge is 0.272 e. The third-order valence-electron chi connectivity index (χ3n) is 2.92. The quantitative estimate of drug-likeness (QED) is 0.692. The Kier molecular flexibility index (Phi) is 2.35. The predicted octanol–water partition coefficient (Wildman–Crippen LogP) is 3.01. The molecule has 1 aromatic carbocycles. The van der Waals surface area contributed by atoms with Crippen molar-refractivity contribution in [3.05, 3.63) is 41.1 Å². The van der Waals surface area contributed by atoms with E-state index in [-0.39, 0.29) is 0 Å². The molecule has 2 aromatic rings. The molecular formula is C13H16N2. The van der Waals surface area contributed by atoms with Crippen LogP contribution in [0, 0.1) is 20.8 Å². The maximum atomic E-state index is 4.54. The van der Waals surface area contributed by atoms with E-state index in [4.69, 9.17) is 0 Å². The highest BCUT2D eigenvalue weighted by atomic mass is 15.3. The van der Waals surface area contributed by atoms with Gasteiger partial charge in [0.15, 0.2) is 0 Å². The molecule has 78 valence electrons. The zero-order valence-electron chi connectivity index (χ0n) is 9.70. The van der Waals surface area contributed by atoms with Crippen LogP contribution in [0.3, 0.4) is 0 Å². The number of hydrogen-bond donors (Lipinski definition) is 0.